The summed E-state index contributed by atoms with van der Waals surface area (Å²) in [5, 5.41) is 0. The van der Waals surface area contributed by atoms with E-state index in [4.69, 9.17) is 0 Å². The molecule has 0 fully saturated rings. The van der Waals surface area contributed by atoms with Crippen LogP contribution in [0.5, 0.6) is 0 Å². The van der Waals surface area contributed by atoms with E-state index in [0.29, 0.717) is 17.8 Å². The van der Waals surface area contributed by atoms with Crippen LogP contribution in [0.2, 0.25) is 0 Å². The van der Waals surface area contributed by atoms with Crippen molar-refractivity contribution in [1.29, 1.82) is 0 Å². The van der Waals surface area contributed by atoms with Crippen LogP contribution < -0.4 is 0 Å². The van der Waals surface area contributed by atoms with Gasteiger partial charge in [-0.1, -0.05) is 37.6 Å². The van der Waals surface area contributed by atoms with Crippen LogP contribution in [-0.2, 0) is 71.4 Å². The van der Waals surface area contributed by atoms with Crippen LogP contribution in [0, 0.1) is 40.7 Å². The van der Waals surface area contributed by atoms with Crippen molar-refractivity contribution in [2.45, 2.75) is 40.0 Å². The van der Waals surface area contributed by atoms with Crippen LogP contribution in [-0.4, -0.2) is 12.1 Å². The molecule has 0 N–H and O–H groups in total. The maximum absolute atomic E-state index is 11.2. The van der Waals surface area contributed by atoms with Gasteiger partial charge in [0.1, 0.15) is 0 Å². The Labute approximate surface area is 232 Å². The quantitative estimate of drug-likeness (QED) is 0.318. The van der Waals surface area contributed by atoms with Gasteiger partial charge < -0.3 is 11.7 Å². The van der Waals surface area contributed by atoms with E-state index in [-0.39, 0.29) is 53.8 Å². The van der Waals surface area contributed by atoms with Crippen molar-refractivity contribution in [3.05, 3.63) is 119 Å². The van der Waals surface area contributed by atoms with E-state index in [9.17, 15) is 9.59 Å². The molecule has 0 saturated heterocycles. The van der Waals surface area contributed by atoms with Crippen LogP contribution in [0.15, 0.2) is 54.6 Å². The number of hydrogen-bond donors (Lipinski definition) is 0. The number of ketones is 1. The number of fused-ring (bicyclic) bond motifs is 1. The molecule has 0 aliphatic heterocycles. The zero-order valence-electron chi connectivity index (χ0n) is 19.0. The third-order valence-corrected chi connectivity index (χ3v) is 4.84. The maximum atomic E-state index is 11.2. The van der Waals surface area contributed by atoms with Crippen molar-refractivity contribution in [1.82, 2.24) is 0 Å². The molecule has 3 aromatic carbocycles. The van der Waals surface area contributed by atoms with Crippen molar-refractivity contribution in [3.8, 4) is 0 Å². The van der Waals surface area contributed by atoms with Crippen molar-refractivity contribution < 1.29 is 63.4 Å². The Morgan fingerprint density at radius 2 is 1.56 bits per heavy atom. The second-order valence-electron chi connectivity index (χ2n) is 7.49. The first-order chi connectivity index (χ1) is 14.3. The van der Waals surface area contributed by atoms with E-state index >= 15 is 0 Å². The van der Waals surface area contributed by atoms with E-state index in [0.717, 1.165) is 29.5 Å². The molecule has 0 aromatic heterocycles. The molecule has 0 unspecified atom stereocenters. The largest absolute Gasteiger partial charge is 2.00 e. The molecule has 0 bridgehead atoms. The summed E-state index contributed by atoms with van der Waals surface area (Å²) in [6.45, 7) is 13.5. The monoisotopic (exact) mass is 669 g/mol. The Hall–Kier alpha value is -1.34. The molecule has 4 heteroatoms. The first-order valence-corrected chi connectivity index (χ1v) is 10.0. The standard InChI is InChI=1S/C10H10O.C9H8O.C9H10.W.Y/c1-7-2-4-9-8(6-7)3-5-10(9)11;1-7-3-4-8(2)9(5-7)6-10;1-3-9-6-4-5-8(2)7-9;;/h2,4,6H,3,5H2,1H3;3-5H,2H2,1H3;4-5,7H,1,3H2,2H3;;/q;2*-2;+2;. The molecular formula is C28H28O2WY-2. The molecule has 163 valence electrons. The van der Waals surface area contributed by atoms with Crippen molar-refractivity contribution in [3.63, 3.8) is 0 Å². The minimum Gasteiger partial charge on any atom is -0.391 e. The Morgan fingerprint density at radius 1 is 0.938 bits per heavy atom. The number of carbonyl (C=O) groups excluding carboxylic acids is 2. The number of hydrogen-bond acceptors (Lipinski definition) is 2. The normalized spacial score (nSPS) is 10.8. The van der Waals surface area contributed by atoms with Gasteiger partial charge in [-0.25, -0.2) is 12.1 Å². The smallest absolute Gasteiger partial charge is 0.391 e. The van der Waals surface area contributed by atoms with E-state index in [1.54, 1.807) is 6.07 Å². The summed E-state index contributed by atoms with van der Waals surface area (Å²) in [4.78, 5) is 21.4. The first kappa shape index (κ1) is 30.7. The van der Waals surface area contributed by atoms with Gasteiger partial charge in [-0.2, -0.15) is 41.8 Å². The van der Waals surface area contributed by atoms with Crippen LogP contribution in [0.1, 0.15) is 55.7 Å². The molecule has 1 aliphatic carbocycles. The topological polar surface area (TPSA) is 34.1 Å². The summed E-state index contributed by atoms with van der Waals surface area (Å²) >= 11 is 0. The SMILES string of the molecule is Cc1ccc2c(c1)CCC2=O.[CH2-]Cc1[c-]ccc(C)c1.[CH2-]c1ccc(C)cc1[C-]=O.[W+2].[Y]. The predicted octanol–water partition coefficient (Wildman–Crippen LogP) is 5.93. The van der Waals surface area contributed by atoms with Gasteiger partial charge in [-0.05, 0) is 25.2 Å². The van der Waals surface area contributed by atoms with Gasteiger partial charge in [0.2, 0.25) is 0 Å². The summed E-state index contributed by atoms with van der Waals surface area (Å²) in [7, 11) is 0. The second-order valence-corrected chi connectivity index (χ2v) is 7.49. The number of Topliss-reactive ketones (excluding diaryl/α,β-unsaturated/α-hetero) is 1. The molecule has 0 spiro atoms. The third kappa shape index (κ3) is 9.65. The molecule has 2 nitrogen and oxygen atoms in total. The van der Waals surface area contributed by atoms with Crippen LogP contribution in [0.3, 0.4) is 0 Å². The summed E-state index contributed by atoms with van der Waals surface area (Å²) in [5.41, 5.74) is 8.25. The van der Waals surface area contributed by atoms with E-state index in [1.165, 1.54) is 22.3 Å². The van der Waals surface area contributed by atoms with Gasteiger partial charge in [-0.15, -0.1) is 11.6 Å². The molecule has 0 atom stereocenters. The Morgan fingerprint density at radius 3 is 2.12 bits per heavy atom. The molecule has 1 radical (unpaired) electrons. The van der Waals surface area contributed by atoms with Crippen LogP contribution in [0.4, 0.5) is 0 Å². The van der Waals surface area contributed by atoms with E-state index < -0.39 is 0 Å². The number of rotatable bonds is 2. The molecule has 3 aromatic rings. The Bertz CT molecular complexity index is 1030. The van der Waals surface area contributed by atoms with Crippen molar-refractivity contribution in [2.24, 2.45) is 0 Å². The number of aryl methyl sites for hydroxylation is 4. The summed E-state index contributed by atoms with van der Waals surface area (Å²) in [5.74, 6) is 0.306. The average molecular weight is 669 g/mol. The molecule has 32 heavy (non-hydrogen) atoms. The fourth-order valence-electron chi connectivity index (χ4n) is 3.16. The minimum atomic E-state index is 0. The Kier molecular flexibility index (Phi) is 14.8. The van der Waals surface area contributed by atoms with Gasteiger partial charge in [0.05, 0.1) is 0 Å². The zero-order valence-corrected chi connectivity index (χ0v) is 24.8. The molecule has 0 amide bonds. The fraction of sp³-hybridized carbons (Fsp3) is 0.214. The third-order valence-electron chi connectivity index (χ3n) is 4.84. The fourth-order valence-corrected chi connectivity index (χ4v) is 3.16. The summed E-state index contributed by atoms with van der Waals surface area (Å²) in [6, 6.07) is 20.7. The molecular weight excluding hydrogens is 641 g/mol. The average Bonchev–Trinajstić information content (AvgIpc) is 3.10. The number of carbonyl (C=O) groups is 1. The van der Waals surface area contributed by atoms with Gasteiger partial charge in [0, 0.05) is 44.7 Å². The van der Waals surface area contributed by atoms with E-state index in [2.05, 4.69) is 45.9 Å². The second kappa shape index (κ2) is 15.5. The first-order valence-electron chi connectivity index (χ1n) is 10.0. The minimum absolute atomic E-state index is 0. The van der Waals surface area contributed by atoms with Crippen LogP contribution in [0.25, 0.3) is 0 Å². The maximum Gasteiger partial charge on any atom is 2.00 e. The summed E-state index contributed by atoms with van der Waals surface area (Å²) in [6.07, 6.45) is 4.31. The predicted molar refractivity (Wildman–Crippen MR) is 123 cm³/mol. The molecule has 0 saturated carbocycles. The summed E-state index contributed by atoms with van der Waals surface area (Å²) < 4.78 is 0. The molecule has 0 heterocycles. The van der Waals surface area contributed by atoms with Gasteiger partial charge in [-0.3, -0.25) is 22.8 Å². The van der Waals surface area contributed by atoms with E-state index in [1.807, 2.05) is 49.6 Å². The van der Waals surface area contributed by atoms with Gasteiger partial charge in [0.15, 0.2) is 5.78 Å². The molecule has 1 aliphatic rings. The molecule has 4 rings (SSSR count). The van der Waals surface area contributed by atoms with Crippen LogP contribution >= 0.6 is 0 Å². The number of benzene rings is 3. The van der Waals surface area contributed by atoms with Gasteiger partial charge in [0.25, 0.3) is 0 Å². The zero-order chi connectivity index (χ0) is 22.1. The van der Waals surface area contributed by atoms with Crippen molar-refractivity contribution in [2.75, 3.05) is 0 Å². The van der Waals surface area contributed by atoms with Crippen molar-refractivity contribution >= 4 is 12.1 Å². The Balaban J connectivity index is 0.000000439. The van der Waals surface area contributed by atoms with Gasteiger partial charge >= 0.3 is 21.1 Å².